The maximum Gasteiger partial charge on any atom is 0.270 e. The van der Waals surface area contributed by atoms with Crippen molar-refractivity contribution in [1.29, 1.82) is 0 Å². The molecule has 5 aromatic rings. The molecule has 0 unspecified atom stereocenters. The van der Waals surface area contributed by atoms with Gasteiger partial charge in [0, 0.05) is 24.3 Å². The summed E-state index contributed by atoms with van der Waals surface area (Å²) in [4.78, 5) is 55.3. The smallest absolute Gasteiger partial charge is 0.270 e. The van der Waals surface area contributed by atoms with Crippen molar-refractivity contribution in [2.45, 2.75) is 13.1 Å². The molecular weight excluding hydrogens is 468 g/mol. The average molecular weight is 484 g/mol. The Labute approximate surface area is 201 Å². The maximum absolute atomic E-state index is 12.9. The first-order valence-electron chi connectivity index (χ1n) is 10.6. The van der Waals surface area contributed by atoms with Gasteiger partial charge >= 0.3 is 0 Å². The molecule has 12 heteroatoms. The Morgan fingerprint density at radius 2 is 1.11 bits per heavy atom. The van der Waals surface area contributed by atoms with E-state index in [0.717, 1.165) is 11.1 Å². The van der Waals surface area contributed by atoms with Crippen molar-refractivity contribution >= 4 is 33.2 Å². The molecule has 178 valence electrons. The minimum atomic E-state index is -0.568. The minimum absolute atomic E-state index is 0.144. The summed E-state index contributed by atoms with van der Waals surface area (Å²) in [6.07, 6.45) is 2.77. The van der Waals surface area contributed by atoms with Crippen molar-refractivity contribution in [3.63, 3.8) is 0 Å². The summed E-state index contributed by atoms with van der Waals surface area (Å²) in [5, 5.41) is 22.4. The van der Waals surface area contributed by atoms with E-state index in [9.17, 15) is 29.8 Å². The van der Waals surface area contributed by atoms with Gasteiger partial charge in [-0.05, 0) is 23.3 Å². The Balaban J connectivity index is 1.45. The molecule has 3 aromatic carbocycles. The van der Waals surface area contributed by atoms with Crippen LogP contribution in [0.1, 0.15) is 11.1 Å². The van der Waals surface area contributed by atoms with Gasteiger partial charge in [-0.2, -0.15) is 0 Å². The minimum Gasteiger partial charge on any atom is -0.294 e. The lowest BCUT2D eigenvalue weighted by molar-refractivity contribution is -0.384. The highest BCUT2D eigenvalue weighted by Crippen LogP contribution is 2.18. The van der Waals surface area contributed by atoms with Gasteiger partial charge < -0.3 is 0 Å². The number of non-ortho nitro benzene ring substituents is 2. The van der Waals surface area contributed by atoms with Gasteiger partial charge in [-0.25, -0.2) is 9.97 Å². The third-order valence-corrected chi connectivity index (χ3v) is 5.73. The fourth-order valence-electron chi connectivity index (χ4n) is 3.97. The molecule has 0 aliphatic heterocycles. The third-order valence-electron chi connectivity index (χ3n) is 5.73. The van der Waals surface area contributed by atoms with E-state index in [2.05, 4.69) is 9.97 Å². The molecule has 0 amide bonds. The zero-order valence-electron chi connectivity index (χ0n) is 18.5. The van der Waals surface area contributed by atoms with E-state index in [-0.39, 0.29) is 35.2 Å². The lowest BCUT2D eigenvalue weighted by Gasteiger charge is -2.10. The molecule has 0 saturated carbocycles. The molecule has 5 rings (SSSR count). The Morgan fingerprint density at radius 3 is 1.53 bits per heavy atom. The average Bonchev–Trinajstić information content (AvgIpc) is 2.87. The van der Waals surface area contributed by atoms with Crippen LogP contribution in [0.3, 0.4) is 0 Å². The molecule has 0 radical (unpaired) electrons. The van der Waals surface area contributed by atoms with E-state index in [1.54, 1.807) is 18.2 Å². The number of nitrogens with zero attached hydrogens (tertiary/aromatic N) is 6. The second-order valence-corrected chi connectivity index (χ2v) is 8.09. The number of nitro benzene ring substituents is 2. The van der Waals surface area contributed by atoms with Crippen molar-refractivity contribution < 1.29 is 9.85 Å². The molecule has 2 aromatic heterocycles. The summed E-state index contributed by atoms with van der Waals surface area (Å²) in [5.41, 5.74) is 1.01. The van der Waals surface area contributed by atoms with Crippen LogP contribution >= 0.6 is 0 Å². The highest BCUT2D eigenvalue weighted by Gasteiger charge is 2.13. The fourth-order valence-corrected chi connectivity index (χ4v) is 3.97. The normalized spacial score (nSPS) is 11.1. The summed E-state index contributed by atoms with van der Waals surface area (Å²) in [7, 11) is 0. The Morgan fingerprint density at radius 1 is 0.667 bits per heavy atom. The predicted molar refractivity (Wildman–Crippen MR) is 130 cm³/mol. The van der Waals surface area contributed by atoms with Crippen LogP contribution in [0.15, 0.2) is 82.9 Å². The molecule has 0 saturated heterocycles. The third kappa shape index (κ3) is 4.18. The highest BCUT2D eigenvalue weighted by atomic mass is 16.6. The molecule has 36 heavy (non-hydrogen) atoms. The number of fused-ring (bicyclic) bond motifs is 2. The molecule has 0 aliphatic rings. The van der Waals surface area contributed by atoms with Gasteiger partial charge in [0.25, 0.3) is 22.5 Å². The second-order valence-electron chi connectivity index (χ2n) is 8.09. The number of aromatic nitrogens is 4. The lowest BCUT2D eigenvalue weighted by Crippen LogP contribution is -2.22. The number of benzene rings is 3. The van der Waals surface area contributed by atoms with Crippen molar-refractivity contribution in [3.05, 3.63) is 125 Å². The van der Waals surface area contributed by atoms with Crippen molar-refractivity contribution in [3.8, 4) is 0 Å². The summed E-state index contributed by atoms with van der Waals surface area (Å²) >= 11 is 0. The van der Waals surface area contributed by atoms with E-state index in [4.69, 9.17) is 0 Å². The molecular formula is C24H16N6O6. The van der Waals surface area contributed by atoms with Gasteiger partial charge in [-0.1, -0.05) is 24.3 Å². The Kier molecular flexibility index (Phi) is 5.53. The van der Waals surface area contributed by atoms with Crippen molar-refractivity contribution in [2.75, 3.05) is 0 Å². The van der Waals surface area contributed by atoms with Crippen LogP contribution < -0.4 is 11.1 Å². The van der Waals surface area contributed by atoms with E-state index < -0.39 is 21.0 Å². The second kappa shape index (κ2) is 8.83. The van der Waals surface area contributed by atoms with Crippen LogP contribution in [0.25, 0.3) is 21.8 Å². The first-order valence-corrected chi connectivity index (χ1v) is 10.6. The van der Waals surface area contributed by atoms with Crippen molar-refractivity contribution in [2.24, 2.45) is 0 Å². The molecule has 0 spiro atoms. The fraction of sp³-hybridized carbons (Fsp3) is 0.0833. The molecule has 12 nitrogen and oxygen atoms in total. The largest absolute Gasteiger partial charge is 0.294 e. The van der Waals surface area contributed by atoms with Crippen LogP contribution in [0.4, 0.5) is 11.4 Å². The number of rotatable bonds is 6. The number of hydrogen-bond acceptors (Lipinski definition) is 8. The van der Waals surface area contributed by atoms with E-state index >= 15 is 0 Å². The van der Waals surface area contributed by atoms with Gasteiger partial charge in [0.15, 0.2) is 0 Å². The molecule has 2 heterocycles. The molecule has 0 fully saturated rings. The monoisotopic (exact) mass is 484 g/mol. The molecule has 0 atom stereocenters. The quantitative estimate of drug-likeness (QED) is 0.263. The Bertz CT molecular complexity index is 1680. The van der Waals surface area contributed by atoms with Crippen LogP contribution in [0.2, 0.25) is 0 Å². The van der Waals surface area contributed by atoms with Crippen LogP contribution in [-0.2, 0) is 13.1 Å². The summed E-state index contributed by atoms with van der Waals surface area (Å²) in [5.74, 6) is 0. The standard InChI is InChI=1S/C24H16N6O6/c31-23-19-9-17(29(33)34)4-6-21(19)25-13-27(23)11-15-2-1-3-16(8-15)12-28-14-26-22-7-5-18(30(35)36)10-20(22)24(28)32/h1-10,13-14H,11-12H2. The first kappa shape index (κ1) is 22.5. The SMILES string of the molecule is O=c1c2cc([N+](=O)[O-])ccc2ncn1Cc1cccc(Cn2cnc3ccc([N+](=O)[O-])cc3c2=O)c1. The maximum atomic E-state index is 12.9. The molecule has 0 aliphatic carbocycles. The van der Waals surface area contributed by atoms with Gasteiger partial charge in [-0.15, -0.1) is 0 Å². The van der Waals surface area contributed by atoms with Crippen molar-refractivity contribution in [1.82, 2.24) is 19.1 Å². The molecule has 0 N–H and O–H groups in total. The van der Waals surface area contributed by atoms with Crippen LogP contribution in [0.5, 0.6) is 0 Å². The molecule has 0 bridgehead atoms. The zero-order valence-corrected chi connectivity index (χ0v) is 18.5. The van der Waals surface area contributed by atoms with Gasteiger partial charge in [0.1, 0.15) is 0 Å². The van der Waals surface area contributed by atoms with E-state index in [1.165, 1.54) is 58.2 Å². The lowest BCUT2D eigenvalue weighted by atomic mass is 10.1. The highest BCUT2D eigenvalue weighted by molar-refractivity contribution is 5.80. The summed E-state index contributed by atoms with van der Waals surface area (Å²) in [6, 6.07) is 15.1. The summed E-state index contributed by atoms with van der Waals surface area (Å²) in [6.45, 7) is 0.324. The van der Waals surface area contributed by atoms with Crippen LogP contribution in [0, 0.1) is 20.2 Å². The zero-order chi connectivity index (χ0) is 25.4. The summed E-state index contributed by atoms with van der Waals surface area (Å²) < 4.78 is 2.71. The predicted octanol–water partition coefficient (Wildman–Crippen LogP) is 3.02. The number of nitro groups is 2. The van der Waals surface area contributed by atoms with Gasteiger partial charge in [0.2, 0.25) is 0 Å². The Hall–Kier alpha value is -5.26. The van der Waals surface area contributed by atoms with Crippen LogP contribution in [-0.4, -0.2) is 28.9 Å². The first-order chi connectivity index (χ1) is 17.3. The van der Waals surface area contributed by atoms with E-state index in [1.807, 2.05) is 6.07 Å². The van der Waals surface area contributed by atoms with E-state index in [0.29, 0.717) is 11.0 Å². The van der Waals surface area contributed by atoms with Gasteiger partial charge in [0.05, 0.1) is 57.4 Å². The van der Waals surface area contributed by atoms with Gasteiger partial charge in [-0.3, -0.25) is 39.0 Å². The topological polar surface area (TPSA) is 156 Å². The number of hydrogen-bond donors (Lipinski definition) is 0.